The molecule has 2 amide bonds. The van der Waals surface area contributed by atoms with Crippen molar-refractivity contribution >= 4 is 35.0 Å². The average Bonchev–Trinajstić information content (AvgIpc) is 3.41. The number of phenols is 1. The number of imide groups is 1. The first-order chi connectivity index (χ1) is 24.8. The van der Waals surface area contributed by atoms with E-state index < -0.39 is 35.0 Å². The Morgan fingerprint density at radius 1 is 0.843 bits per heavy atom. The minimum absolute atomic E-state index is 0.00494. The Bertz CT molecular complexity index is 2140. The molecule has 1 saturated carbocycles. The number of benzene rings is 4. The van der Waals surface area contributed by atoms with E-state index in [0.29, 0.717) is 23.3 Å². The molecule has 0 aromatic heterocycles. The number of fused-ring (bicyclic) bond motifs is 4. The van der Waals surface area contributed by atoms with Crippen LogP contribution in [-0.4, -0.2) is 40.5 Å². The number of hydrogen-bond acceptors (Lipinski definition) is 6. The van der Waals surface area contributed by atoms with Crippen LogP contribution < -0.4 is 4.74 Å². The van der Waals surface area contributed by atoms with Crippen molar-refractivity contribution in [2.24, 2.45) is 29.6 Å². The van der Waals surface area contributed by atoms with Crippen LogP contribution in [0.4, 0.5) is 0 Å². The summed E-state index contributed by atoms with van der Waals surface area (Å²) in [7, 11) is 1.48. The molecule has 7 nitrogen and oxygen atoms in total. The normalized spacial score (nSPS) is 27.1. The van der Waals surface area contributed by atoms with Crippen LogP contribution in [0.25, 0.3) is 11.6 Å². The van der Waals surface area contributed by atoms with E-state index in [9.17, 15) is 19.5 Å². The fourth-order valence-corrected chi connectivity index (χ4v) is 9.11. The third kappa shape index (κ3) is 5.18. The van der Waals surface area contributed by atoms with Crippen LogP contribution >= 0.6 is 0 Å². The van der Waals surface area contributed by atoms with Gasteiger partial charge in [-0.1, -0.05) is 121 Å². The van der Waals surface area contributed by atoms with Gasteiger partial charge in [-0.05, 0) is 59.2 Å². The summed E-state index contributed by atoms with van der Waals surface area (Å²) in [5.74, 6) is -3.45. The predicted molar refractivity (Wildman–Crippen MR) is 193 cm³/mol. The molecule has 6 unspecified atom stereocenters. The number of carbonyl (C=O) groups excluding carboxylic acids is 4. The van der Waals surface area contributed by atoms with Crippen molar-refractivity contribution in [3.05, 3.63) is 155 Å². The zero-order valence-electron chi connectivity index (χ0n) is 28.1. The second-order valence-corrected chi connectivity index (χ2v) is 13.9. The molecule has 4 aliphatic rings. The quantitative estimate of drug-likeness (QED) is 0.168. The first kappa shape index (κ1) is 32.4. The maximum atomic E-state index is 15.0. The van der Waals surface area contributed by atoms with Crippen LogP contribution in [0.2, 0.25) is 0 Å². The van der Waals surface area contributed by atoms with Gasteiger partial charge in [-0.2, -0.15) is 0 Å². The standard InChI is InChI=1S/C44H37NO6/c1-51-38-23-27(18-22-37(38)46)17-21-35-31-19-20-32-40(43(50)45(42(32)49)26-28-11-5-2-6-12-28)34(31)24-36-41(48)33(29-13-7-3-8-14-29)25-39(47)44(35,36)30-15-9-4-10-16-30/h2-19,21-23,25,32,34-36,40,46H,20,24,26H2,1H3. The summed E-state index contributed by atoms with van der Waals surface area (Å²) in [5, 5.41) is 10.3. The molecule has 1 saturated heterocycles. The van der Waals surface area contributed by atoms with Gasteiger partial charge in [0.1, 0.15) is 0 Å². The number of hydrogen-bond donors (Lipinski definition) is 1. The molecule has 3 aliphatic carbocycles. The van der Waals surface area contributed by atoms with Crippen LogP contribution in [-0.2, 0) is 31.1 Å². The SMILES string of the molecule is COc1cc(C=CC2C3=CCC4C(=O)N(Cc5ccccc5)C(=O)C4C3CC3C(=O)C(c4ccccc4)=CC(=O)C23c2ccccc2)ccc1O. The first-order valence-corrected chi connectivity index (χ1v) is 17.4. The third-order valence-electron chi connectivity index (χ3n) is 11.4. The first-order valence-electron chi connectivity index (χ1n) is 17.4. The number of carbonyl (C=O) groups is 4. The number of amides is 2. The minimum atomic E-state index is -1.29. The molecule has 0 radical (unpaired) electrons. The Labute approximate surface area is 296 Å². The molecule has 2 fully saturated rings. The van der Waals surface area contributed by atoms with Crippen molar-refractivity contribution in [2.75, 3.05) is 7.11 Å². The summed E-state index contributed by atoms with van der Waals surface area (Å²) in [5.41, 5.74) is 2.98. The molecule has 4 aromatic rings. The highest BCUT2D eigenvalue weighted by molar-refractivity contribution is 6.31. The van der Waals surface area contributed by atoms with Gasteiger partial charge in [-0.15, -0.1) is 0 Å². The van der Waals surface area contributed by atoms with Gasteiger partial charge in [0.15, 0.2) is 23.1 Å². The largest absolute Gasteiger partial charge is 0.504 e. The van der Waals surface area contributed by atoms with Gasteiger partial charge in [-0.25, -0.2) is 0 Å². The topological polar surface area (TPSA) is 101 Å². The number of methoxy groups -OCH3 is 1. The van der Waals surface area contributed by atoms with Gasteiger partial charge in [0.2, 0.25) is 11.8 Å². The number of ether oxygens (including phenoxy) is 1. The molecule has 51 heavy (non-hydrogen) atoms. The highest BCUT2D eigenvalue weighted by Crippen LogP contribution is 2.61. The lowest BCUT2D eigenvalue weighted by Crippen LogP contribution is -2.59. The van der Waals surface area contributed by atoms with Crippen molar-refractivity contribution in [1.29, 1.82) is 0 Å². The van der Waals surface area contributed by atoms with E-state index in [2.05, 4.69) is 6.08 Å². The smallest absolute Gasteiger partial charge is 0.234 e. The van der Waals surface area contributed by atoms with E-state index in [4.69, 9.17) is 4.74 Å². The van der Waals surface area contributed by atoms with Crippen molar-refractivity contribution < 1.29 is 29.0 Å². The van der Waals surface area contributed by atoms with Gasteiger partial charge >= 0.3 is 0 Å². The Morgan fingerprint density at radius 3 is 2.24 bits per heavy atom. The molecular formula is C44H37NO6. The van der Waals surface area contributed by atoms with E-state index in [1.54, 1.807) is 18.2 Å². The zero-order valence-corrected chi connectivity index (χ0v) is 28.1. The summed E-state index contributed by atoms with van der Waals surface area (Å²) in [6.07, 6.45) is 8.06. The molecule has 8 rings (SSSR count). The highest BCUT2D eigenvalue weighted by atomic mass is 16.5. The highest BCUT2D eigenvalue weighted by Gasteiger charge is 2.65. The molecule has 7 heteroatoms. The van der Waals surface area contributed by atoms with Gasteiger partial charge in [0, 0.05) is 17.4 Å². The van der Waals surface area contributed by atoms with Crippen molar-refractivity contribution in [1.82, 2.24) is 4.90 Å². The molecule has 1 heterocycles. The number of allylic oxidation sites excluding steroid dienone is 5. The van der Waals surface area contributed by atoms with Gasteiger partial charge in [0.25, 0.3) is 0 Å². The lowest BCUT2D eigenvalue weighted by molar-refractivity contribution is -0.141. The van der Waals surface area contributed by atoms with E-state index in [1.807, 2.05) is 103 Å². The monoisotopic (exact) mass is 675 g/mol. The van der Waals surface area contributed by atoms with Crippen LogP contribution in [0.3, 0.4) is 0 Å². The van der Waals surface area contributed by atoms with Crippen LogP contribution in [0, 0.1) is 29.6 Å². The maximum Gasteiger partial charge on any atom is 0.234 e. The number of rotatable bonds is 7. The molecular weight excluding hydrogens is 638 g/mol. The number of Topliss-reactive ketones (excluding diaryl/α,β-unsaturated/α-hetero) is 1. The second-order valence-electron chi connectivity index (χ2n) is 13.9. The maximum absolute atomic E-state index is 15.0. The van der Waals surface area contributed by atoms with Crippen molar-refractivity contribution in [3.8, 4) is 11.5 Å². The number of ketones is 2. The number of phenolic OH excluding ortho intramolecular Hbond substituents is 1. The predicted octanol–water partition coefficient (Wildman–Crippen LogP) is 6.97. The van der Waals surface area contributed by atoms with E-state index >= 15 is 4.79 Å². The Hall–Kier alpha value is -5.82. The zero-order chi connectivity index (χ0) is 35.3. The lowest BCUT2D eigenvalue weighted by Gasteiger charge is -2.54. The second kappa shape index (κ2) is 12.8. The Balaban J connectivity index is 1.30. The summed E-state index contributed by atoms with van der Waals surface area (Å²) in [6, 6.07) is 33.3. The molecule has 1 N–H and O–H groups in total. The van der Waals surface area contributed by atoms with E-state index in [0.717, 1.165) is 22.3 Å². The number of aromatic hydroxyl groups is 1. The van der Waals surface area contributed by atoms with Gasteiger partial charge in [0.05, 0.1) is 30.9 Å². The lowest BCUT2D eigenvalue weighted by atomic mass is 9.45. The van der Waals surface area contributed by atoms with Crippen LogP contribution in [0.1, 0.15) is 35.1 Å². The van der Waals surface area contributed by atoms with Crippen molar-refractivity contribution in [2.45, 2.75) is 24.8 Å². The summed E-state index contributed by atoms with van der Waals surface area (Å²) in [4.78, 5) is 59.7. The molecule has 1 aliphatic heterocycles. The van der Waals surface area contributed by atoms with E-state index in [-0.39, 0.29) is 42.1 Å². The number of likely N-dealkylation sites (tertiary alicyclic amines) is 1. The number of nitrogens with zero attached hydrogens (tertiary/aromatic N) is 1. The van der Waals surface area contributed by atoms with Crippen molar-refractivity contribution in [3.63, 3.8) is 0 Å². The minimum Gasteiger partial charge on any atom is -0.504 e. The Morgan fingerprint density at radius 2 is 1.53 bits per heavy atom. The van der Waals surface area contributed by atoms with Gasteiger partial charge < -0.3 is 9.84 Å². The van der Waals surface area contributed by atoms with Crippen LogP contribution in [0.15, 0.2) is 133 Å². The molecule has 6 atom stereocenters. The third-order valence-corrected chi connectivity index (χ3v) is 11.4. The van der Waals surface area contributed by atoms with Crippen LogP contribution in [0.5, 0.6) is 11.5 Å². The van der Waals surface area contributed by atoms with E-state index in [1.165, 1.54) is 18.1 Å². The summed E-state index contributed by atoms with van der Waals surface area (Å²) >= 11 is 0. The molecule has 254 valence electrons. The molecule has 0 spiro atoms. The van der Waals surface area contributed by atoms with Gasteiger partial charge in [-0.3, -0.25) is 24.1 Å². The fourth-order valence-electron chi connectivity index (χ4n) is 9.11. The fraction of sp³-hybridized carbons (Fsp3) is 0.227. The summed E-state index contributed by atoms with van der Waals surface area (Å²) in [6.45, 7) is 0.190. The average molecular weight is 676 g/mol. The molecule has 0 bridgehead atoms. The molecule has 4 aromatic carbocycles. The Kier molecular flexibility index (Phi) is 8.14. The summed E-state index contributed by atoms with van der Waals surface area (Å²) < 4.78 is 5.37.